The van der Waals surface area contributed by atoms with Crippen molar-refractivity contribution in [2.75, 3.05) is 26.4 Å². The van der Waals surface area contributed by atoms with Gasteiger partial charge < -0.3 is 24.1 Å². The van der Waals surface area contributed by atoms with Gasteiger partial charge in [0, 0.05) is 16.7 Å². The van der Waals surface area contributed by atoms with Crippen molar-refractivity contribution in [2.45, 2.75) is 32.0 Å². The number of epoxide rings is 1. The van der Waals surface area contributed by atoms with Crippen LogP contribution in [0.5, 0.6) is 0 Å². The molecule has 4 rings (SSSR count). The van der Waals surface area contributed by atoms with Gasteiger partial charge in [0.25, 0.3) is 0 Å². The van der Waals surface area contributed by atoms with Gasteiger partial charge in [-0.15, -0.1) is 0 Å². The van der Waals surface area contributed by atoms with Crippen LogP contribution in [-0.4, -0.2) is 61.6 Å². The fraction of sp³-hybridized carbons (Fsp3) is 0.591. The highest BCUT2D eigenvalue weighted by Crippen LogP contribution is 2.57. The van der Waals surface area contributed by atoms with Gasteiger partial charge in [0.2, 0.25) is 0 Å². The minimum atomic E-state index is -1.10. The number of hydrogen-bond donors (Lipinski definition) is 1. The molecule has 2 bridgehead atoms. The number of esters is 3. The molecule has 1 aliphatic heterocycles. The fourth-order valence-electron chi connectivity index (χ4n) is 4.57. The zero-order valence-electron chi connectivity index (χ0n) is 16.9. The summed E-state index contributed by atoms with van der Waals surface area (Å²) in [5.74, 6) is -0.615. The Morgan fingerprint density at radius 1 is 1.20 bits per heavy atom. The largest absolute Gasteiger partial charge is 0.459 e. The van der Waals surface area contributed by atoms with E-state index in [4.69, 9.17) is 18.9 Å². The lowest BCUT2D eigenvalue weighted by Gasteiger charge is -2.23. The Hall–Kier alpha value is -2.45. The Morgan fingerprint density at radius 2 is 1.93 bits per heavy atom. The molecule has 0 spiro atoms. The molecule has 0 radical (unpaired) electrons. The maximum Gasteiger partial charge on any atom is 0.334 e. The molecule has 0 aromatic heterocycles. The molecular weight excluding hydrogens is 392 g/mol. The number of rotatable bonds is 9. The van der Waals surface area contributed by atoms with Crippen LogP contribution in [0.25, 0.3) is 0 Å². The second-order valence-corrected chi connectivity index (χ2v) is 8.45. The average molecular weight is 418 g/mol. The molecule has 8 nitrogen and oxygen atoms in total. The molecule has 30 heavy (non-hydrogen) atoms. The first-order valence-corrected chi connectivity index (χ1v) is 10.2. The zero-order valence-corrected chi connectivity index (χ0v) is 16.9. The lowest BCUT2D eigenvalue weighted by Crippen LogP contribution is -2.26. The third kappa shape index (κ3) is 4.34. The molecular formula is C22H26O8. The smallest absolute Gasteiger partial charge is 0.334 e. The predicted octanol–water partition coefficient (Wildman–Crippen LogP) is 1.09. The van der Waals surface area contributed by atoms with Crippen molar-refractivity contribution >= 4 is 17.9 Å². The van der Waals surface area contributed by atoms with Gasteiger partial charge in [-0.1, -0.05) is 18.7 Å². The van der Waals surface area contributed by atoms with Crippen LogP contribution in [0.4, 0.5) is 0 Å². The Labute approximate surface area is 174 Å². The summed E-state index contributed by atoms with van der Waals surface area (Å²) in [6.45, 7) is 5.36. The van der Waals surface area contributed by atoms with Gasteiger partial charge >= 0.3 is 17.9 Å². The van der Waals surface area contributed by atoms with E-state index in [-0.39, 0.29) is 48.6 Å². The van der Waals surface area contributed by atoms with Crippen LogP contribution >= 0.6 is 0 Å². The summed E-state index contributed by atoms with van der Waals surface area (Å²) in [5.41, 5.74) is 1.51. The Morgan fingerprint density at radius 3 is 2.63 bits per heavy atom. The first kappa shape index (κ1) is 20.8. The Kier molecular flexibility index (Phi) is 5.79. The molecule has 1 heterocycles. The van der Waals surface area contributed by atoms with Crippen molar-refractivity contribution in [3.63, 3.8) is 0 Å². The van der Waals surface area contributed by atoms with Gasteiger partial charge in [-0.25, -0.2) is 14.4 Å². The van der Waals surface area contributed by atoms with Crippen LogP contribution in [0.2, 0.25) is 0 Å². The molecule has 1 saturated carbocycles. The second kappa shape index (κ2) is 8.35. The standard InChI is InChI=1S/C22H26O8/c1-11(2)20(24)28-7-14(23)8-29-21(25)13-5-16-12-3-18(17(16)6-13)19(4-12)22(26)30-10-15-9-27-15/h4,6,12,14-18,23H,1,3,5,7-10H2,2H3. The SMILES string of the molecule is C=C(C)C(=O)OCC(O)COC(=O)C1=CC2C3CC(C=C3C(=O)OCC3CO3)C2C1. The summed E-state index contributed by atoms with van der Waals surface area (Å²) in [6, 6.07) is 0. The molecule has 0 aromatic rings. The summed E-state index contributed by atoms with van der Waals surface area (Å²) < 4.78 is 20.4. The van der Waals surface area contributed by atoms with E-state index in [1.54, 1.807) is 0 Å². The maximum atomic E-state index is 12.4. The molecule has 3 aliphatic carbocycles. The Bertz CT molecular complexity index is 821. The summed E-state index contributed by atoms with van der Waals surface area (Å²) in [7, 11) is 0. The number of carbonyl (C=O) groups excluding carboxylic acids is 3. The number of fused-ring (bicyclic) bond motifs is 5. The number of carbonyl (C=O) groups is 3. The van der Waals surface area contributed by atoms with E-state index in [0.29, 0.717) is 36.7 Å². The molecule has 2 fully saturated rings. The number of aliphatic hydroxyl groups is 1. The van der Waals surface area contributed by atoms with Crippen molar-refractivity contribution in [1.29, 1.82) is 0 Å². The van der Waals surface area contributed by atoms with Gasteiger partial charge in [0.05, 0.1) is 6.61 Å². The number of allylic oxidation sites excluding steroid dienone is 2. The molecule has 0 aromatic carbocycles. The highest BCUT2D eigenvalue weighted by molar-refractivity contribution is 5.92. The minimum absolute atomic E-state index is 0.0355. The second-order valence-electron chi connectivity index (χ2n) is 8.45. The fourth-order valence-corrected chi connectivity index (χ4v) is 4.57. The van der Waals surface area contributed by atoms with Crippen LogP contribution in [0, 0.1) is 23.7 Å². The quantitative estimate of drug-likeness (QED) is 0.256. The molecule has 6 unspecified atom stereocenters. The van der Waals surface area contributed by atoms with E-state index in [2.05, 4.69) is 6.58 Å². The summed E-state index contributed by atoms with van der Waals surface area (Å²) in [4.78, 5) is 36.1. The Balaban J connectivity index is 1.26. The van der Waals surface area contributed by atoms with Gasteiger partial charge in [-0.2, -0.15) is 0 Å². The van der Waals surface area contributed by atoms with Crippen molar-refractivity contribution < 1.29 is 38.4 Å². The van der Waals surface area contributed by atoms with Crippen LogP contribution in [0.15, 0.2) is 35.5 Å². The van der Waals surface area contributed by atoms with Gasteiger partial charge in [0.1, 0.15) is 32.0 Å². The third-order valence-electron chi connectivity index (χ3n) is 6.14. The van der Waals surface area contributed by atoms with E-state index < -0.39 is 18.0 Å². The lowest BCUT2D eigenvalue weighted by molar-refractivity contribution is -0.147. The van der Waals surface area contributed by atoms with E-state index in [0.717, 1.165) is 6.42 Å². The molecule has 6 atom stereocenters. The van der Waals surface area contributed by atoms with E-state index in [9.17, 15) is 19.5 Å². The topological polar surface area (TPSA) is 112 Å². The lowest BCUT2D eigenvalue weighted by atomic mass is 9.81. The maximum absolute atomic E-state index is 12.4. The van der Waals surface area contributed by atoms with Gasteiger partial charge in [-0.3, -0.25) is 0 Å². The van der Waals surface area contributed by atoms with Crippen LogP contribution in [0.3, 0.4) is 0 Å². The minimum Gasteiger partial charge on any atom is -0.459 e. The predicted molar refractivity (Wildman–Crippen MR) is 103 cm³/mol. The van der Waals surface area contributed by atoms with Crippen LogP contribution in [-0.2, 0) is 33.3 Å². The number of ether oxygens (including phenoxy) is 4. The highest BCUT2D eigenvalue weighted by Gasteiger charge is 2.52. The molecule has 8 heteroatoms. The third-order valence-corrected chi connectivity index (χ3v) is 6.14. The van der Waals surface area contributed by atoms with Crippen molar-refractivity contribution in [3.8, 4) is 0 Å². The summed E-state index contributed by atoms with van der Waals surface area (Å²) >= 11 is 0. The first-order valence-electron chi connectivity index (χ1n) is 10.2. The highest BCUT2D eigenvalue weighted by atomic mass is 16.6. The normalized spacial score (nSPS) is 31.3. The van der Waals surface area contributed by atoms with Gasteiger partial charge in [-0.05, 0) is 43.4 Å². The summed E-state index contributed by atoms with van der Waals surface area (Å²) in [5, 5.41) is 9.84. The molecule has 1 saturated heterocycles. The zero-order chi connectivity index (χ0) is 21.4. The molecule has 0 amide bonds. The average Bonchev–Trinajstić information content (AvgIpc) is 3.14. The molecule has 162 valence electrons. The summed E-state index contributed by atoms with van der Waals surface area (Å²) in [6.07, 6.45) is 4.35. The molecule has 1 N–H and O–H groups in total. The molecule has 4 aliphatic rings. The van der Waals surface area contributed by atoms with E-state index >= 15 is 0 Å². The monoisotopic (exact) mass is 418 g/mol. The van der Waals surface area contributed by atoms with E-state index in [1.165, 1.54) is 6.92 Å². The number of hydrogen-bond acceptors (Lipinski definition) is 8. The van der Waals surface area contributed by atoms with E-state index in [1.807, 2.05) is 12.2 Å². The van der Waals surface area contributed by atoms with Crippen molar-refractivity contribution in [1.82, 2.24) is 0 Å². The van der Waals surface area contributed by atoms with Crippen LogP contribution < -0.4 is 0 Å². The first-order chi connectivity index (χ1) is 14.3. The van der Waals surface area contributed by atoms with Gasteiger partial charge in [0.15, 0.2) is 0 Å². The number of aliphatic hydroxyl groups excluding tert-OH is 1. The van der Waals surface area contributed by atoms with Crippen molar-refractivity contribution in [2.24, 2.45) is 23.7 Å². The van der Waals surface area contributed by atoms with Crippen molar-refractivity contribution in [3.05, 3.63) is 35.5 Å². The van der Waals surface area contributed by atoms with Crippen LogP contribution in [0.1, 0.15) is 19.8 Å².